The summed E-state index contributed by atoms with van der Waals surface area (Å²) in [5.74, 6) is 2.48. The third-order valence-corrected chi connectivity index (χ3v) is 2.66. The Labute approximate surface area is 131 Å². The maximum atomic E-state index is 4.90. The normalized spacial score (nSPS) is 13.1. The first-order chi connectivity index (χ1) is 8.52. The molecule has 1 rings (SSSR count). The number of aromatic nitrogens is 2. The van der Waals surface area contributed by atoms with Crippen LogP contribution in [-0.4, -0.2) is 28.7 Å². The SMILES string of the molecule is CCNC(=NCc1noc(C)n1)NC(C)C(C)C.I. The van der Waals surface area contributed by atoms with Gasteiger partial charge >= 0.3 is 0 Å². The molecular weight excluding hydrogens is 357 g/mol. The number of halogens is 1. The molecule has 1 aromatic heterocycles. The lowest BCUT2D eigenvalue weighted by atomic mass is 10.1. The molecule has 1 heterocycles. The molecule has 0 aromatic carbocycles. The minimum absolute atomic E-state index is 0. The maximum Gasteiger partial charge on any atom is 0.223 e. The maximum absolute atomic E-state index is 4.90. The van der Waals surface area contributed by atoms with E-state index in [4.69, 9.17) is 4.52 Å². The minimum Gasteiger partial charge on any atom is -0.357 e. The second kappa shape index (κ2) is 9.11. The van der Waals surface area contributed by atoms with E-state index >= 15 is 0 Å². The van der Waals surface area contributed by atoms with Gasteiger partial charge in [0.2, 0.25) is 5.89 Å². The lowest BCUT2D eigenvalue weighted by Crippen LogP contribution is -2.44. The monoisotopic (exact) mass is 381 g/mol. The Hall–Kier alpha value is -0.860. The van der Waals surface area contributed by atoms with Gasteiger partial charge in [-0.1, -0.05) is 19.0 Å². The Morgan fingerprint density at radius 2 is 2.05 bits per heavy atom. The fourth-order valence-electron chi connectivity index (χ4n) is 1.26. The molecule has 1 atom stereocenters. The zero-order valence-electron chi connectivity index (χ0n) is 12.2. The van der Waals surface area contributed by atoms with Crippen LogP contribution in [0.25, 0.3) is 0 Å². The molecule has 0 fully saturated rings. The van der Waals surface area contributed by atoms with Gasteiger partial charge in [-0.05, 0) is 19.8 Å². The van der Waals surface area contributed by atoms with Gasteiger partial charge < -0.3 is 15.2 Å². The molecule has 0 radical (unpaired) electrons. The predicted octanol–water partition coefficient (Wildman–Crippen LogP) is 2.10. The number of rotatable bonds is 5. The van der Waals surface area contributed by atoms with Gasteiger partial charge in [-0.15, -0.1) is 24.0 Å². The van der Waals surface area contributed by atoms with Crippen LogP contribution < -0.4 is 10.6 Å². The van der Waals surface area contributed by atoms with E-state index < -0.39 is 0 Å². The van der Waals surface area contributed by atoms with Gasteiger partial charge in [-0.25, -0.2) is 4.99 Å². The summed E-state index contributed by atoms with van der Waals surface area (Å²) >= 11 is 0. The molecule has 6 nitrogen and oxygen atoms in total. The van der Waals surface area contributed by atoms with Crippen LogP contribution in [0.3, 0.4) is 0 Å². The molecule has 2 N–H and O–H groups in total. The van der Waals surface area contributed by atoms with Crippen molar-refractivity contribution in [1.82, 2.24) is 20.8 Å². The van der Waals surface area contributed by atoms with Gasteiger partial charge in [0.1, 0.15) is 6.54 Å². The molecule has 110 valence electrons. The molecular formula is C12H24IN5O. The Kier molecular flexibility index (Phi) is 8.70. The van der Waals surface area contributed by atoms with Crippen molar-refractivity contribution in [2.45, 2.75) is 47.2 Å². The highest BCUT2D eigenvalue weighted by Gasteiger charge is 2.09. The molecule has 0 bridgehead atoms. The van der Waals surface area contributed by atoms with Crippen LogP contribution in [0.4, 0.5) is 0 Å². The average molecular weight is 381 g/mol. The van der Waals surface area contributed by atoms with Crippen LogP contribution in [0, 0.1) is 12.8 Å². The standard InChI is InChI=1S/C12H23N5O.HI/c1-6-13-12(15-9(4)8(2)3)14-7-11-16-10(5)18-17-11;/h8-9H,6-7H2,1-5H3,(H2,13,14,15);1H. The van der Waals surface area contributed by atoms with Gasteiger partial charge in [0.15, 0.2) is 11.8 Å². The van der Waals surface area contributed by atoms with Gasteiger partial charge in [-0.3, -0.25) is 0 Å². The number of hydrogen-bond donors (Lipinski definition) is 2. The Balaban J connectivity index is 0.00000324. The van der Waals surface area contributed by atoms with Crippen molar-refractivity contribution in [1.29, 1.82) is 0 Å². The third-order valence-electron chi connectivity index (χ3n) is 2.66. The Bertz CT molecular complexity index is 391. The van der Waals surface area contributed by atoms with Crippen molar-refractivity contribution in [2.24, 2.45) is 10.9 Å². The molecule has 7 heteroatoms. The first-order valence-corrected chi connectivity index (χ1v) is 6.37. The first kappa shape index (κ1) is 18.1. The lowest BCUT2D eigenvalue weighted by Gasteiger charge is -2.20. The van der Waals surface area contributed by atoms with Crippen LogP contribution >= 0.6 is 24.0 Å². The fraction of sp³-hybridized carbons (Fsp3) is 0.750. The van der Waals surface area contributed by atoms with E-state index in [9.17, 15) is 0 Å². The third kappa shape index (κ3) is 6.74. The second-order valence-electron chi connectivity index (χ2n) is 4.60. The summed E-state index contributed by atoms with van der Waals surface area (Å²) in [6.07, 6.45) is 0. The lowest BCUT2D eigenvalue weighted by molar-refractivity contribution is 0.387. The molecule has 0 saturated heterocycles. The smallest absolute Gasteiger partial charge is 0.223 e. The summed E-state index contributed by atoms with van der Waals surface area (Å²) in [6.45, 7) is 11.5. The summed E-state index contributed by atoms with van der Waals surface area (Å²) in [6, 6.07) is 0.356. The zero-order valence-corrected chi connectivity index (χ0v) is 14.6. The molecule has 0 aliphatic carbocycles. The largest absolute Gasteiger partial charge is 0.357 e. The molecule has 0 aliphatic rings. The number of aryl methyl sites for hydroxylation is 1. The van der Waals surface area contributed by atoms with E-state index in [1.807, 2.05) is 6.92 Å². The van der Waals surface area contributed by atoms with Crippen LogP contribution in [0.2, 0.25) is 0 Å². The quantitative estimate of drug-likeness (QED) is 0.464. The minimum atomic E-state index is 0. The molecule has 0 amide bonds. The number of nitrogens with one attached hydrogen (secondary N) is 2. The van der Waals surface area contributed by atoms with Gasteiger partial charge in [-0.2, -0.15) is 4.98 Å². The molecule has 19 heavy (non-hydrogen) atoms. The van der Waals surface area contributed by atoms with Crippen LogP contribution in [0.15, 0.2) is 9.52 Å². The molecule has 0 aliphatic heterocycles. The summed E-state index contributed by atoms with van der Waals surface area (Å²) in [7, 11) is 0. The highest BCUT2D eigenvalue weighted by Crippen LogP contribution is 2.00. The van der Waals surface area contributed by atoms with E-state index in [0.29, 0.717) is 30.2 Å². The van der Waals surface area contributed by atoms with Gasteiger partial charge in [0.25, 0.3) is 0 Å². The molecule has 0 saturated carbocycles. The van der Waals surface area contributed by atoms with E-state index in [1.54, 1.807) is 6.92 Å². The summed E-state index contributed by atoms with van der Waals surface area (Å²) in [5.41, 5.74) is 0. The van der Waals surface area contributed by atoms with Crippen molar-refractivity contribution in [2.75, 3.05) is 6.54 Å². The highest BCUT2D eigenvalue weighted by atomic mass is 127. The molecule has 1 aromatic rings. The van der Waals surface area contributed by atoms with Crippen LogP contribution in [0.1, 0.15) is 39.4 Å². The van der Waals surface area contributed by atoms with Gasteiger partial charge in [0.05, 0.1) is 0 Å². The van der Waals surface area contributed by atoms with Crippen molar-refractivity contribution < 1.29 is 4.52 Å². The van der Waals surface area contributed by atoms with E-state index in [1.165, 1.54) is 0 Å². The summed E-state index contributed by atoms with van der Waals surface area (Å²) in [5, 5.41) is 10.4. The van der Waals surface area contributed by atoms with Crippen molar-refractivity contribution in [3.05, 3.63) is 11.7 Å². The van der Waals surface area contributed by atoms with Gasteiger partial charge in [0, 0.05) is 19.5 Å². The van der Waals surface area contributed by atoms with Crippen molar-refractivity contribution in [3.8, 4) is 0 Å². The second-order valence-corrected chi connectivity index (χ2v) is 4.60. The highest BCUT2D eigenvalue weighted by molar-refractivity contribution is 14.0. The van der Waals surface area contributed by atoms with Crippen LogP contribution in [-0.2, 0) is 6.54 Å². The van der Waals surface area contributed by atoms with Crippen LogP contribution in [0.5, 0.6) is 0 Å². The topological polar surface area (TPSA) is 75.3 Å². The average Bonchev–Trinajstić information content (AvgIpc) is 2.72. The number of nitrogens with zero attached hydrogens (tertiary/aromatic N) is 3. The predicted molar refractivity (Wildman–Crippen MR) is 86.7 cm³/mol. The van der Waals surface area contributed by atoms with E-state index in [0.717, 1.165) is 12.5 Å². The Morgan fingerprint density at radius 3 is 2.53 bits per heavy atom. The Morgan fingerprint density at radius 1 is 1.37 bits per heavy atom. The zero-order chi connectivity index (χ0) is 13.5. The first-order valence-electron chi connectivity index (χ1n) is 6.37. The number of hydrogen-bond acceptors (Lipinski definition) is 4. The van der Waals surface area contributed by atoms with E-state index in [2.05, 4.69) is 46.5 Å². The number of guanidine groups is 1. The summed E-state index contributed by atoms with van der Waals surface area (Å²) in [4.78, 5) is 8.55. The molecule has 0 spiro atoms. The van der Waals surface area contributed by atoms with Crippen molar-refractivity contribution in [3.63, 3.8) is 0 Å². The summed E-state index contributed by atoms with van der Waals surface area (Å²) < 4.78 is 4.90. The molecule has 1 unspecified atom stereocenters. The van der Waals surface area contributed by atoms with E-state index in [-0.39, 0.29) is 24.0 Å². The fourth-order valence-corrected chi connectivity index (χ4v) is 1.26. The van der Waals surface area contributed by atoms with Crippen molar-refractivity contribution >= 4 is 29.9 Å². The number of aliphatic imine (C=N–C) groups is 1.